The third kappa shape index (κ3) is 3.71. The van der Waals surface area contributed by atoms with Crippen LogP contribution in [0.2, 0.25) is 5.02 Å². The van der Waals surface area contributed by atoms with E-state index in [1.807, 2.05) is 36.4 Å². The van der Waals surface area contributed by atoms with Crippen LogP contribution in [0.1, 0.15) is 11.1 Å². The molecule has 0 aromatic heterocycles. The molecule has 0 spiro atoms. The van der Waals surface area contributed by atoms with Crippen molar-refractivity contribution in [1.29, 1.82) is 5.26 Å². The topological polar surface area (TPSA) is 76.2 Å². The van der Waals surface area contributed by atoms with Crippen molar-refractivity contribution in [2.45, 2.75) is 13.0 Å². The highest BCUT2D eigenvalue weighted by atomic mass is 35.5. The quantitative estimate of drug-likeness (QED) is 0.620. The molecule has 0 saturated carbocycles. The van der Waals surface area contributed by atoms with E-state index < -0.39 is 4.92 Å². The van der Waals surface area contributed by atoms with E-state index in [0.717, 1.165) is 5.56 Å². The predicted molar refractivity (Wildman–Crippen MR) is 78.2 cm³/mol. The number of rotatable bonds is 5. The van der Waals surface area contributed by atoms with Gasteiger partial charge in [-0.1, -0.05) is 41.9 Å². The Kier molecular flexibility index (Phi) is 4.75. The van der Waals surface area contributed by atoms with Gasteiger partial charge in [0.2, 0.25) is 0 Å². The van der Waals surface area contributed by atoms with Crippen molar-refractivity contribution >= 4 is 17.3 Å². The summed E-state index contributed by atoms with van der Waals surface area (Å²) in [6, 6.07) is 14.0. The minimum Gasteiger partial charge on any atom is -0.482 e. The molecular formula is C15H11ClN2O3. The van der Waals surface area contributed by atoms with Crippen LogP contribution in [0, 0.1) is 21.4 Å². The average molecular weight is 303 g/mol. The molecule has 0 atom stereocenters. The summed E-state index contributed by atoms with van der Waals surface area (Å²) in [5.74, 6) is 0.0709. The van der Waals surface area contributed by atoms with Crippen LogP contribution in [-0.4, -0.2) is 4.92 Å². The van der Waals surface area contributed by atoms with Gasteiger partial charge in [-0.3, -0.25) is 10.1 Å². The maximum Gasteiger partial charge on any atom is 0.315 e. The molecule has 0 radical (unpaired) electrons. The van der Waals surface area contributed by atoms with E-state index in [1.54, 1.807) is 0 Å². The average Bonchev–Trinajstić information content (AvgIpc) is 2.45. The van der Waals surface area contributed by atoms with Gasteiger partial charge in [0.25, 0.3) is 0 Å². The van der Waals surface area contributed by atoms with E-state index in [2.05, 4.69) is 0 Å². The first kappa shape index (κ1) is 14.8. The van der Waals surface area contributed by atoms with Crippen molar-refractivity contribution in [1.82, 2.24) is 0 Å². The predicted octanol–water partition coefficient (Wildman–Crippen LogP) is 3.89. The molecule has 0 fully saturated rings. The summed E-state index contributed by atoms with van der Waals surface area (Å²) in [5, 5.41) is 20.3. The van der Waals surface area contributed by atoms with Crippen molar-refractivity contribution in [2.75, 3.05) is 0 Å². The molecule has 0 amide bonds. The zero-order valence-electron chi connectivity index (χ0n) is 11.0. The van der Waals surface area contributed by atoms with Crippen molar-refractivity contribution in [2.24, 2.45) is 0 Å². The number of hydrogen-bond acceptors (Lipinski definition) is 4. The number of hydrogen-bond donors (Lipinski definition) is 0. The lowest BCUT2D eigenvalue weighted by Crippen LogP contribution is -2.02. The molecule has 0 aliphatic heterocycles. The Morgan fingerprint density at radius 3 is 2.62 bits per heavy atom. The number of nitriles is 1. The lowest BCUT2D eigenvalue weighted by molar-refractivity contribution is -0.386. The number of benzene rings is 2. The standard InChI is InChI=1S/C15H11ClN2O3/c16-13-8-12(6-7-17)15(18(19)20)14(9-13)21-10-11-4-2-1-3-5-11/h1-5,8-9H,6,10H2. The lowest BCUT2D eigenvalue weighted by Gasteiger charge is -2.09. The van der Waals surface area contributed by atoms with Crippen molar-refractivity contribution < 1.29 is 9.66 Å². The largest absolute Gasteiger partial charge is 0.482 e. The monoisotopic (exact) mass is 302 g/mol. The molecule has 0 N–H and O–H groups in total. The molecule has 0 aliphatic carbocycles. The number of halogens is 1. The zero-order chi connectivity index (χ0) is 15.2. The lowest BCUT2D eigenvalue weighted by atomic mass is 10.1. The highest BCUT2D eigenvalue weighted by molar-refractivity contribution is 6.30. The van der Waals surface area contributed by atoms with Gasteiger partial charge in [0.1, 0.15) is 6.61 Å². The Morgan fingerprint density at radius 2 is 2.00 bits per heavy atom. The van der Waals surface area contributed by atoms with E-state index >= 15 is 0 Å². The molecule has 0 aliphatic rings. The van der Waals surface area contributed by atoms with Gasteiger partial charge in [0, 0.05) is 16.7 Å². The van der Waals surface area contributed by atoms with E-state index in [1.165, 1.54) is 12.1 Å². The molecule has 0 heterocycles. The molecule has 2 aromatic carbocycles. The first-order chi connectivity index (χ1) is 10.1. The highest BCUT2D eigenvalue weighted by Gasteiger charge is 2.22. The van der Waals surface area contributed by atoms with Crippen molar-refractivity contribution in [3.05, 3.63) is 68.7 Å². The Bertz CT molecular complexity index is 696. The summed E-state index contributed by atoms with van der Waals surface area (Å²) in [4.78, 5) is 10.7. The normalized spacial score (nSPS) is 9.90. The maximum absolute atomic E-state index is 11.2. The summed E-state index contributed by atoms with van der Waals surface area (Å²) >= 11 is 5.93. The van der Waals surface area contributed by atoms with Crippen molar-refractivity contribution in [3.8, 4) is 11.8 Å². The fourth-order valence-corrected chi connectivity index (χ4v) is 2.13. The summed E-state index contributed by atoms with van der Waals surface area (Å²) in [7, 11) is 0. The molecule has 21 heavy (non-hydrogen) atoms. The van der Waals surface area contributed by atoms with Crippen LogP contribution in [0.4, 0.5) is 5.69 Å². The molecule has 6 heteroatoms. The summed E-state index contributed by atoms with van der Waals surface area (Å²) in [6.45, 7) is 0.189. The van der Waals surface area contributed by atoms with Gasteiger partial charge in [-0.05, 0) is 11.6 Å². The third-order valence-electron chi connectivity index (χ3n) is 2.81. The number of ether oxygens (including phenoxy) is 1. The van der Waals surface area contributed by atoms with E-state index in [4.69, 9.17) is 21.6 Å². The van der Waals surface area contributed by atoms with Crippen LogP contribution in [0.5, 0.6) is 5.75 Å². The van der Waals surface area contributed by atoms with Gasteiger partial charge in [-0.15, -0.1) is 0 Å². The number of nitro benzene ring substituents is 1. The second-order valence-electron chi connectivity index (χ2n) is 4.28. The molecule has 0 unspecified atom stereocenters. The second kappa shape index (κ2) is 6.73. The molecule has 2 rings (SSSR count). The van der Waals surface area contributed by atoms with Crippen molar-refractivity contribution in [3.63, 3.8) is 0 Å². The molecule has 106 valence electrons. The van der Waals surface area contributed by atoms with Gasteiger partial charge in [-0.25, -0.2) is 0 Å². The van der Waals surface area contributed by atoms with Crippen LogP contribution in [0.25, 0.3) is 0 Å². The van der Waals surface area contributed by atoms with Gasteiger partial charge in [0.05, 0.1) is 17.4 Å². The van der Waals surface area contributed by atoms with Gasteiger partial charge in [0.15, 0.2) is 5.75 Å². The zero-order valence-corrected chi connectivity index (χ0v) is 11.7. The number of nitro groups is 1. The summed E-state index contributed by atoms with van der Waals surface area (Å²) in [6.07, 6.45) is -0.0986. The van der Waals surface area contributed by atoms with Crippen LogP contribution in [-0.2, 0) is 13.0 Å². The van der Waals surface area contributed by atoms with Crippen LogP contribution in [0.15, 0.2) is 42.5 Å². The highest BCUT2D eigenvalue weighted by Crippen LogP contribution is 2.35. The summed E-state index contributed by atoms with van der Waals surface area (Å²) in [5.41, 5.74) is 0.920. The molecular weight excluding hydrogens is 292 g/mol. The molecule has 0 saturated heterocycles. The van der Waals surface area contributed by atoms with Gasteiger partial charge >= 0.3 is 5.69 Å². The number of nitrogens with zero attached hydrogens (tertiary/aromatic N) is 2. The van der Waals surface area contributed by atoms with E-state index in [9.17, 15) is 10.1 Å². The van der Waals surface area contributed by atoms with Crippen LogP contribution in [0.3, 0.4) is 0 Å². The first-order valence-corrected chi connectivity index (χ1v) is 6.50. The minimum absolute atomic E-state index is 0.0709. The minimum atomic E-state index is -0.552. The smallest absolute Gasteiger partial charge is 0.315 e. The first-order valence-electron chi connectivity index (χ1n) is 6.12. The Balaban J connectivity index is 2.33. The van der Waals surface area contributed by atoms with Gasteiger partial charge < -0.3 is 4.74 Å². The maximum atomic E-state index is 11.2. The third-order valence-corrected chi connectivity index (χ3v) is 3.03. The Hall–Kier alpha value is -2.58. The van der Waals surface area contributed by atoms with Gasteiger partial charge in [-0.2, -0.15) is 5.26 Å². The SMILES string of the molecule is N#CCc1cc(Cl)cc(OCc2ccccc2)c1[N+](=O)[O-]. The summed E-state index contributed by atoms with van der Waals surface area (Å²) < 4.78 is 5.52. The van der Waals surface area contributed by atoms with Crippen LogP contribution >= 0.6 is 11.6 Å². The molecule has 0 bridgehead atoms. The molecule has 5 nitrogen and oxygen atoms in total. The van der Waals surface area contributed by atoms with Crippen LogP contribution < -0.4 is 4.74 Å². The fourth-order valence-electron chi connectivity index (χ4n) is 1.90. The Morgan fingerprint density at radius 1 is 1.29 bits per heavy atom. The second-order valence-corrected chi connectivity index (χ2v) is 4.71. The fraction of sp³-hybridized carbons (Fsp3) is 0.133. The van der Waals surface area contributed by atoms with E-state index in [0.29, 0.717) is 5.02 Å². The van der Waals surface area contributed by atoms with E-state index in [-0.39, 0.29) is 30.0 Å². The molecule has 2 aromatic rings. The Labute approximate surface area is 126 Å².